The van der Waals surface area contributed by atoms with Crippen molar-refractivity contribution in [1.29, 1.82) is 0 Å². The Bertz CT molecular complexity index is 1660. The van der Waals surface area contributed by atoms with Crippen molar-refractivity contribution in [3.05, 3.63) is 71.1 Å². The molecule has 4 heterocycles. The Morgan fingerprint density at radius 1 is 1.10 bits per heavy atom. The summed E-state index contributed by atoms with van der Waals surface area (Å²) in [6.45, 7) is 5.60. The van der Waals surface area contributed by atoms with E-state index in [1.54, 1.807) is 26.5 Å². The second-order valence-electron chi connectivity index (χ2n) is 9.85. The highest BCUT2D eigenvalue weighted by molar-refractivity contribution is 5.96. The number of carbonyl (C=O) groups is 2. The van der Waals surface area contributed by atoms with E-state index in [1.807, 2.05) is 26.0 Å². The summed E-state index contributed by atoms with van der Waals surface area (Å²) < 4.78 is 43.9. The van der Waals surface area contributed by atoms with Crippen LogP contribution < -0.4 is 0 Å². The maximum Gasteiger partial charge on any atom is 0.435 e. The molecule has 0 saturated carbocycles. The number of benzene rings is 1. The first-order chi connectivity index (χ1) is 19.6. The fraction of sp³-hybridized carbons (Fsp3) is 0.345. The minimum absolute atomic E-state index is 0.0818. The summed E-state index contributed by atoms with van der Waals surface area (Å²) in [6, 6.07) is 5.53. The molecule has 1 saturated heterocycles. The first-order valence-corrected chi connectivity index (χ1v) is 13.2. The molecule has 5 rings (SSSR count). The van der Waals surface area contributed by atoms with Crippen molar-refractivity contribution < 1.29 is 22.8 Å². The minimum atomic E-state index is -4.67. The molecule has 3 aromatic heterocycles. The lowest BCUT2D eigenvalue weighted by Gasteiger charge is -2.35. The number of fused-ring (bicyclic) bond motifs is 1. The highest BCUT2D eigenvalue weighted by atomic mass is 19.4. The number of nitrogens with zero attached hydrogens (tertiary/aromatic N) is 7. The average Bonchev–Trinajstić information content (AvgIpc) is 3.58. The highest BCUT2D eigenvalue weighted by Gasteiger charge is 2.38. The smallest absolute Gasteiger partial charge is 0.339 e. The van der Waals surface area contributed by atoms with E-state index in [0.29, 0.717) is 55.9 Å². The van der Waals surface area contributed by atoms with Gasteiger partial charge in [0.1, 0.15) is 6.54 Å². The number of halogens is 3. The van der Waals surface area contributed by atoms with Crippen LogP contribution in [0.1, 0.15) is 46.2 Å². The Balaban J connectivity index is 1.38. The standard InChI is InChI=1S/C29H28F3N7O2/c1-4-9-38-18-22(26(35-38)29(30,31)32)24-17-34-27-23(33-8-10-39(24)27)16-20-6-7-21(19(3)15-20)28(41)37-13-11-36(12-14-37)25(40)5-2/h1,6-8,10,15,17-18H,5,9,11-14,16H2,2-3H3. The summed E-state index contributed by atoms with van der Waals surface area (Å²) >= 11 is 0. The number of aryl methyl sites for hydroxylation is 1. The highest BCUT2D eigenvalue weighted by Crippen LogP contribution is 2.36. The van der Waals surface area contributed by atoms with Gasteiger partial charge < -0.3 is 9.80 Å². The van der Waals surface area contributed by atoms with Gasteiger partial charge in [-0.3, -0.25) is 23.7 Å². The van der Waals surface area contributed by atoms with Gasteiger partial charge in [-0.05, 0) is 24.1 Å². The number of hydrogen-bond donors (Lipinski definition) is 0. The molecule has 9 nitrogen and oxygen atoms in total. The zero-order valence-electron chi connectivity index (χ0n) is 22.6. The Labute approximate surface area is 234 Å². The predicted octanol–water partition coefficient (Wildman–Crippen LogP) is 3.84. The van der Waals surface area contributed by atoms with Crippen LogP contribution in [0.4, 0.5) is 13.2 Å². The number of terminal acetylenes is 1. The van der Waals surface area contributed by atoms with Crippen LogP contribution in [-0.2, 0) is 23.9 Å². The lowest BCUT2D eigenvalue weighted by Crippen LogP contribution is -2.50. The first kappa shape index (κ1) is 27.9. The molecule has 0 bridgehead atoms. The molecular weight excluding hydrogens is 535 g/mol. The molecular formula is C29H28F3N7O2. The van der Waals surface area contributed by atoms with E-state index in [0.717, 1.165) is 15.8 Å². The van der Waals surface area contributed by atoms with Gasteiger partial charge in [-0.25, -0.2) is 4.98 Å². The number of carbonyl (C=O) groups excluding carboxylic acids is 2. The molecule has 4 aromatic rings. The number of aromatic nitrogens is 5. The van der Waals surface area contributed by atoms with Crippen LogP contribution >= 0.6 is 0 Å². The van der Waals surface area contributed by atoms with E-state index >= 15 is 0 Å². The molecule has 1 aliphatic rings. The zero-order chi connectivity index (χ0) is 29.3. The molecule has 2 amide bonds. The molecule has 1 fully saturated rings. The number of imidazole rings is 1. The van der Waals surface area contributed by atoms with Crippen LogP contribution in [0.3, 0.4) is 0 Å². The number of amides is 2. The van der Waals surface area contributed by atoms with Gasteiger partial charge in [-0.2, -0.15) is 18.3 Å². The Hall–Kier alpha value is -4.66. The zero-order valence-corrected chi connectivity index (χ0v) is 22.6. The van der Waals surface area contributed by atoms with Crippen molar-refractivity contribution in [2.45, 2.75) is 39.4 Å². The fourth-order valence-corrected chi connectivity index (χ4v) is 5.11. The molecule has 12 heteroatoms. The third-order valence-corrected chi connectivity index (χ3v) is 7.18. The van der Waals surface area contributed by atoms with Crippen molar-refractivity contribution in [3.63, 3.8) is 0 Å². The third kappa shape index (κ3) is 5.52. The van der Waals surface area contributed by atoms with E-state index in [-0.39, 0.29) is 29.6 Å². The van der Waals surface area contributed by atoms with Gasteiger partial charge in [0.15, 0.2) is 11.3 Å². The van der Waals surface area contributed by atoms with Crippen LogP contribution in [0, 0.1) is 19.3 Å². The molecule has 0 spiro atoms. The molecule has 0 N–H and O–H groups in total. The molecule has 41 heavy (non-hydrogen) atoms. The average molecular weight is 564 g/mol. The Kier molecular flexibility index (Phi) is 7.53. The Morgan fingerprint density at radius 2 is 1.83 bits per heavy atom. The monoisotopic (exact) mass is 563 g/mol. The number of piperazine rings is 1. The number of hydrogen-bond acceptors (Lipinski definition) is 5. The van der Waals surface area contributed by atoms with Gasteiger partial charge in [0.05, 0.1) is 23.1 Å². The van der Waals surface area contributed by atoms with Crippen molar-refractivity contribution in [2.75, 3.05) is 26.2 Å². The van der Waals surface area contributed by atoms with Crippen LogP contribution in [-0.4, -0.2) is 71.9 Å². The molecule has 1 aliphatic heterocycles. The quantitative estimate of drug-likeness (QED) is 0.333. The van der Waals surface area contributed by atoms with Gasteiger partial charge >= 0.3 is 6.18 Å². The molecule has 0 unspecified atom stereocenters. The lowest BCUT2D eigenvalue weighted by atomic mass is 10.0. The maximum atomic E-state index is 13.8. The van der Waals surface area contributed by atoms with Gasteiger partial charge in [-0.15, -0.1) is 6.42 Å². The topological polar surface area (TPSA) is 88.6 Å². The summed E-state index contributed by atoms with van der Waals surface area (Å²) in [5.41, 5.74) is 2.29. The fourth-order valence-electron chi connectivity index (χ4n) is 5.11. The lowest BCUT2D eigenvalue weighted by molar-refractivity contribution is -0.141. The molecule has 0 atom stereocenters. The third-order valence-electron chi connectivity index (χ3n) is 7.18. The SMILES string of the molecule is C#CCn1cc(-c2cnc3c(Cc4ccc(C(=O)N5CCN(C(=O)CC)CC5)c(C)c4)nccn23)c(C(F)(F)F)n1. The van der Waals surface area contributed by atoms with Gasteiger partial charge in [0, 0.05) is 63.2 Å². The maximum absolute atomic E-state index is 13.8. The van der Waals surface area contributed by atoms with Crippen molar-refractivity contribution in [2.24, 2.45) is 0 Å². The molecule has 212 valence electrons. The molecule has 1 aromatic carbocycles. The second kappa shape index (κ2) is 11.1. The van der Waals surface area contributed by atoms with Crippen LogP contribution in [0.2, 0.25) is 0 Å². The van der Waals surface area contributed by atoms with Crippen LogP contribution in [0.15, 0.2) is 43.0 Å². The summed E-state index contributed by atoms with van der Waals surface area (Å²) in [6.07, 6.45) is 7.11. The van der Waals surface area contributed by atoms with E-state index in [4.69, 9.17) is 6.42 Å². The predicted molar refractivity (Wildman–Crippen MR) is 145 cm³/mol. The van der Waals surface area contributed by atoms with Gasteiger partial charge in [-0.1, -0.05) is 25.0 Å². The summed E-state index contributed by atoms with van der Waals surface area (Å²) in [5.74, 6) is 2.31. The largest absolute Gasteiger partial charge is 0.435 e. The van der Waals surface area contributed by atoms with E-state index < -0.39 is 11.9 Å². The normalized spacial score (nSPS) is 14.0. The van der Waals surface area contributed by atoms with E-state index in [1.165, 1.54) is 18.6 Å². The number of rotatable bonds is 6. The van der Waals surface area contributed by atoms with E-state index in [9.17, 15) is 22.8 Å². The van der Waals surface area contributed by atoms with Crippen molar-refractivity contribution in [1.82, 2.24) is 33.9 Å². The first-order valence-electron chi connectivity index (χ1n) is 13.2. The Morgan fingerprint density at radius 3 is 2.49 bits per heavy atom. The van der Waals surface area contributed by atoms with Crippen molar-refractivity contribution >= 4 is 17.5 Å². The number of alkyl halides is 3. The van der Waals surface area contributed by atoms with E-state index in [2.05, 4.69) is 21.0 Å². The van der Waals surface area contributed by atoms with Crippen LogP contribution in [0.25, 0.3) is 16.9 Å². The van der Waals surface area contributed by atoms with Gasteiger partial charge in [0.25, 0.3) is 5.91 Å². The second-order valence-corrected chi connectivity index (χ2v) is 9.85. The summed E-state index contributed by atoms with van der Waals surface area (Å²) in [7, 11) is 0. The van der Waals surface area contributed by atoms with Crippen LogP contribution in [0.5, 0.6) is 0 Å². The summed E-state index contributed by atoms with van der Waals surface area (Å²) in [4.78, 5) is 37.5. The molecule has 0 aliphatic carbocycles. The minimum Gasteiger partial charge on any atom is -0.339 e. The molecule has 0 radical (unpaired) electrons. The van der Waals surface area contributed by atoms with Crippen molar-refractivity contribution in [3.8, 4) is 23.6 Å². The summed E-state index contributed by atoms with van der Waals surface area (Å²) in [5, 5.41) is 3.65. The van der Waals surface area contributed by atoms with Gasteiger partial charge in [0.2, 0.25) is 5.91 Å².